The molecule has 0 saturated carbocycles. The van der Waals surface area contributed by atoms with E-state index < -0.39 is 10.0 Å². The monoisotopic (exact) mass is 435 g/mol. The van der Waals surface area contributed by atoms with Crippen LogP contribution in [0.1, 0.15) is 38.9 Å². The lowest BCUT2D eigenvalue weighted by Crippen LogP contribution is -2.46. The summed E-state index contributed by atoms with van der Waals surface area (Å²) in [6, 6.07) is 6.25. The largest absolute Gasteiger partial charge is 0.339 e. The van der Waals surface area contributed by atoms with Crippen LogP contribution in [0.4, 0.5) is 5.69 Å². The summed E-state index contributed by atoms with van der Waals surface area (Å²) in [4.78, 5) is 18.9. The molecule has 3 rings (SSSR count). The highest BCUT2D eigenvalue weighted by Crippen LogP contribution is 2.21. The van der Waals surface area contributed by atoms with Crippen LogP contribution in [0.25, 0.3) is 0 Å². The number of hydrogen-bond donors (Lipinski definition) is 1. The number of benzene rings is 1. The van der Waals surface area contributed by atoms with Gasteiger partial charge < -0.3 is 14.7 Å². The Balaban J connectivity index is 1.55. The SMILES string of the molecule is CN1CCN(S(=O)(=O)c2ccc(NC(=O)CCc3nc(C(C)(C)C)no3)cc2)CC1. The number of hydrogen-bond acceptors (Lipinski definition) is 7. The molecule has 30 heavy (non-hydrogen) atoms. The van der Waals surface area contributed by atoms with Gasteiger partial charge in [-0.1, -0.05) is 25.9 Å². The molecule has 2 aromatic rings. The molecule has 1 fully saturated rings. The van der Waals surface area contributed by atoms with Crippen molar-refractivity contribution in [2.45, 2.75) is 43.9 Å². The van der Waals surface area contributed by atoms with E-state index in [4.69, 9.17) is 4.52 Å². The van der Waals surface area contributed by atoms with E-state index in [-0.39, 0.29) is 22.6 Å². The van der Waals surface area contributed by atoms with Gasteiger partial charge in [0.2, 0.25) is 21.8 Å². The normalized spacial score (nSPS) is 16.5. The second-order valence-electron chi connectivity index (χ2n) is 8.54. The van der Waals surface area contributed by atoms with Gasteiger partial charge in [-0.25, -0.2) is 8.42 Å². The number of rotatable bonds is 6. The van der Waals surface area contributed by atoms with Gasteiger partial charge in [0.1, 0.15) is 0 Å². The second kappa shape index (κ2) is 8.83. The topological polar surface area (TPSA) is 109 Å². The predicted octanol–water partition coefficient (Wildman–Crippen LogP) is 1.87. The molecule has 0 spiro atoms. The molecule has 1 amide bonds. The Kier molecular flexibility index (Phi) is 6.59. The molecule has 0 atom stereocenters. The number of anilines is 1. The van der Waals surface area contributed by atoms with Crippen LogP contribution in [0.3, 0.4) is 0 Å². The molecular formula is C20H29N5O4S. The summed E-state index contributed by atoms with van der Waals surface area (Å²) in [6.07, 6.45) is 0.526. The van der Waals surface area contributed by atoms with Crippen molar-refractivity contribution in [2.24, 2.45) is 0 Å². The molecule has 0 bridgehead atoms. The fourth-order valence-electron chi connectivity index (χ4n) is 2.99. The van der Waals surface area contributed by atoms with E-state index in [1.807, 2.05) is 27.8 Å². The molecular weight excluding hydrogens is 406 g/mol. The van der Waals surface area contributed by atoms with Gasteiger partial charge in [-0.2, -0.15) is 9.29 Å². The summed E-state index contributed by atoms with van der Waals surface area (Å²) in [7, 11) is -1.54. The standard InChI is InChI=1S/C20H29N5O4S/c1-20(2,3)19-22-18(29-23-19)10-9-17(26)21-15-5-7-16(8-6-15)30(27,28)25-13-11-24(4)12-14-25/h5-8H,9-14H2,1-4H3,(H,21,26). The molecule has 0 radical (unpaired) electrons. The van der Waals surface area contributed by atoms with Crippen LogP contribution in [0, 0.1) is 0 Å². The van der Waals surface area contributed by atoms with Crippen LogP contribution in [0.15, 0.2) is 33.7 Å². The van der Waals surface area contributed by atoms with E-state index >= 15 is 0 Å². The highest BCUT2D eigenvalue weighted by atomic mass is 32.2. The lowest BCUT2D eigenvalue weighted by molar-refractivity contribution is -0.116. The number of carbonyl (C=O) groups is 1. The van der Waals surface area contributed by atoms with Crippen molar-refractivity contribution in [1.82, 2.24) is 19.3 Å². The van der Waals surface area contributed by atoms with Gasteiger partial charge in [0.05, 0.1) is 4.90 Å². The van der Waals surface area contributed by atoms with Crippen molar-refractivity contribution < 1.29 is 17.7 Å². The molecule has 1 aliphatic heterocycles. The Morgan fingerprint density at radius 3 is 2.33 bits per heavy atom. The van der Waals surface area contributed by atoms with Gasteiger partial charge >= 0.3 is 0 Å². The minimum atomic E-state index is -3.52. The van der Waals surface area contributed by atoms with Crippen molar-refractivity contribution >= 4 is 21.6 Å². The average Bonchev–Trinajstić information content (AvgIpc) is 3.17. The summed E-state index contributed by atoms with van der Waals surface area (Å²) in [6.45, 7) is 8.34. The summed E-state index contributed by atoms with van der Waals surface area (Å²) in [5.41, 5.74) is 0.328. The zero-order valence-electron chi connectivity index (χ0n) is 17.9. The van der Waals surface area contributed by atoms with Gasteiger partial charge in [-0.15, -0.1) is 0 Å². The van der Waals surface area contributed by atoms with Gasteiger partial charge in [-0.05, 0) is 31.3 Å². The molecule has 1 N–H and O–H groups in total. The summed E-state index contributed by atoms with van der Waals surface area (Å²) >= 11 is 0. The van der Waals surface area contributed by atoms with Crippen molar-refractivity contribution in [1.29, 1.82) is 0 Å². The predicted molar refractivity (Wildman–Crippen MR) is 113 cm³/mol. The molecule has 0 aliphatic carbocycles. The van der Waals surface area contributed by atoms with E-state index in [0.29, 0.717) is 50.0 Å². The lowest BCUT2D eigenvalue weighted by Gasteiger charge is -2.31. The number of aryl methyl sites for hydroxylation is 1. The molecule has 10 heteroatoms. The Bertz CT molecular complexity index is 971. The molecule has 1 aliphatic rings. The van der Waals surface area contributed by atoms with Crippen molar-refractivity contribution in [3.8, 4) is 0 Å². The lowest BCUT2D eigenvalue weighted by atomic mass is 9.96. The molecule has 0 unspecified atom stereocenters. The van der Waals surface area contributed by atoms with Crippen LogP contribution in [0.5, 0.6) is 0 Å². The zero-order chi connectivity index (χ0) is 21.9. The fraction of sp³-hybridized carbons (Fsp3) is 0.550. The Morgan fingerprint density at radius 2 is 1.77 bits per heavy atom. The first-order valence-electron chi connectivity index (χ1n) is 9.97. The third-order valence-electron chi connectivity index (χ3n) is 4.94. The first-order chi connectivity index (χ1) is 14.1. The van der Waals surface area contributed by atoms with E-state index in [1.165, 1.54) is 16.4 Å². The van der Waals surface area contributed by atoms with Gasteiger partial charge in [0, 0.05) is 50.1 Å². The van der Waals surface area contributed by atoms with Crippen molar-refractivity contribution in [3.05, 3.63) is 36.0 Å². The molecule has 1 aromatic carbocycles. The van der Waals surface area contributed by atoms with Crippen LogP contribution < -0.4 is 5.32 Å². The number of sulfonamides is 1. The third kappa shape index (κ3) is 5.44. The first kappa shape index (κ1) is 22.4. The number of carbonyl (C=O) groups excluding carboxylic acids is 1. The number of nitrogens with one attached hydrogen (secondary N) is 1. The minimum Gasteiger partial charge on any atom is -0.339 e. The maximum Gasteiger partial charge on any atom is 0.243 e. The highest BCUT2D eigenvalue weighted by molar-refractivity contribution is 7.89. The number of aromatic nitrogens is 2. The van der Waals surface area contributed by atoms with Gasteiger partial charge in [0.25, 0.3) is 0 Å². The van der Waals surface area contributed by atoms with Crippen molar-refractivity contribution in [2.75, 3.05) is 38.5 Å². The summed E-state index contributed by atoms with van der Waals surface area (Å²) in [5, 5.41) is 6.71. The van der Waals surface area contributed by atoms with Crippen LogP contribution in [-0.4, -0.2) is 66.9 Å². The minimum absolute atomic E-state index is 0.188. The average molecular weight is 436 g/mol. The Labute approximate surface area is 177 Å². The maximum atomic E-state index is 12.8. The quantitative estimate of drug-likeness (QED) is 0.738. The van der Waals surface area contributed by atoms with E-state index in [2.05, 4.69) is 20.4 Å². The van der Waals surface area contributed by atoms with Crippen LogP contribution >= 0.6 is 0 Å². The Hall–Kier alpha value is -2.30. The highest BCUT2D eigenvalue weighted by Gasteiger charge is 2.27. The number of nitrogens with zero attached hydrogens (tertiary/aromatic N) is 4. The maximum absolute atomic E-state index is 12.8. The first-order valence-corrected chi connectivity index (χ1v) is 11.4. The Morgan fingerprint density at radius 1 is 1.13 bits per heavy atom. The van der Waals surface area contributed by atoms with E-state index in [1.54, 1.807) is 12.1 Å². The molecule has 1 saturated heterocycles. The molecule has 9 nitrogen and oxygen atoms in total. The van der Waals surface area contributed by atoms with Crippen LogP contribution in [0.2, 0.25) is 0 Å². The summed E-state index contributed by atoms with van der Waals surface area (Å²) in [5.74, 6) is 0.818. The molecule has 2 heterocycles. The van der Waals surface area contributed by atoms with Gasteiger partial charge in [0.15, 0.2) is 5.82 Å². The summed E-state index contributed by atoms with van der Waals surface area (Å²) < 4.78 is 32.2. The number of amides is 1. The van der Waals surface area contributed by atoms with E-state index in [0.717, 1.165) is 0 Å². The fourth-order valence-corrected chi connectivity index (χ4v) is 4.41. The second-order valence-corrected chi connectivity index (χ2v) is 10.5. The molecule has 1 aromatic heterocycles. The van der Waals surface area contributed by atoms with Crippen LogP contribution in [-0.2, 0) is 26.7 Å². The van der Waals surface area contributed by atoms with E-state index in [9.17, 15) is 13.2 Å². The number of likely N-dealkylation sites (N-methyl/N-ethyl adjacent to an activating group) is 1. The van der Waals surface area contributed by atoms with Crippen molar-refractivity contribution in [3.63, 3.8) is 0 Å². The van der Waals surface area contributed by atoms with Gasteiger partial charge in [-0.3, -0.25) is 4.79 Å². The zero-order valence-corrected chi connectivity index (χ0v) is 18.7. The third-order valence-corrected chi connectivity index (χ3v) is 6.86. The number of piperazine rings is 1. The smallest absolute Gasteiger partial charge is 0.243 e. The molecule has 164 valence electrons.